The van der Waals surface area contributed by atoms with Crippen molar-refractivity contribution in [2.45, 2.75) is 27.7 Å². The fourth-order valence-corrected chi connectivity index (χ4v) is 1.49. The summed E-state index contributed by atoms with van der Waals surface area (Å²) in [5.74, 6) is -2.83. The van der Waals surface area contributed by atoms with Gasteiger partial charge in [0.25, 0.3) is 0 Å². The minimum atomic E-state index is -2.06. The lowest BCUT2D eigenvalue weighted by Crippen LogP contribution is -2.48. The monoisotopic (exact) mass is 195 g/mol. The second-order valence-corrected chi connectivity index (χ2v) is 2.97. The van der Waals surface area contributed by atoms with Crippen LogP contribution in [-0.2, 0) is 19.2 Å². The molecule has 0 N–H and O–H groups in total. The van der Waals surface area contributed by atoms with E-state index in [1.807, 2.05) is 0 Å². The normalized spacial score (nSPS) is 10.0. The van der Waals surface area contributed by atoms with Crippen molar-refractivity contribution in [1.29, 1.82) is 0 Å². The van der Waals surface area contributed by atoms with Crippen LogP contribution in [0, 0.1) is 5.41 Å². The summed E-state index contributed by atoms with van der Waals surface area (Å²) in [6.45, 7) is 4.29. The van der Waals surface area contributed by atoms with Crippen LogP contribution in [0.1, 0.15) is 27.7 Å². The largest absolute Gasteiger partial charge is 0.298 e. The van der Waals surface area contributed by atoms with Gasteiger partial charge in [-0.2, -0.15) is 0 Å². The molecule has 4 nitrogen and oxygen atoms in total. The van der Waals surface area contributed by atoms with E-state index in [2.05, 4.69) is 0 Å². The molecule has 0 saturated heterocycles. The lowest BCUT2D eigenvalue weighted by Gasteiger charge is -2.21. The summed E-state index contributed by atoms with van der Waals surface area (Å²) in [6.07, 6.45) is 0. The van der Waals surface area contributed by atoms with Crippen LogP contribution in [0.15, 0.2) is 0 Å². The van der Waals surface area contributed by atoms with Crippen molar-refractivity contribution in [2.75, 3.05) is 0 Å². The number of rotatable bonds is 4. The fraction of sp³-hybridized carbons (Fsp3) is 0.556. The molecule has 0 rings (SSSR count). The molecule has 0 heterocycles. The summed E-state index contributed by atoms with van der Waals surface area (Å²) in [6, 6.07) is 0. The van der Waals surface area contributed by atoms with Gasteiger partial charge in [0.2, 0.25) is 5.41 Å². The van der Waals surface area contributed by atoms with Crippen molar-refractivity contribution in [3.05, 3.63) is 0 Å². The summed E-state index contributed by atoms with van der Waals surface area (Å²) >= 11 is 0. The van der Waals surface area contributed by atoms with Crippen LogP contribution in [-0.4, -0.2) is 31.5 Å². The number of carbonyl (C=O) groups is 4. The van der Waals surface area contributed by atoms with Crippen LogP contribution >= 0.6 is 0 Å². The summed E-state index contributed by atoms with van der Waals surface area (Å²) in [5.41, 5.74) is -2.06. The second-order valence-electron chi connectivity index (χ2n) is 2.97. The quantitative estimate of drug-likeness (QED) is 0.465. The van der Waals surface area contributed by atoms with E-state index >= 15 is 0 Å². The predicted molar refractivity (Wildman–Crippen MR) is 50.9 cm³/mol. The van der Waals surface area contributed by atoms with Crippen molar-refractivity contribution in [1.82, 2.24) is 0 Å². The van der Waals surface area contributed by atoms with Crippen LogP contribution in [0.2, 0.25) is 0 Å². The first kappa shape index (κ1) is 15.2. The highest BCUT2D eigenvalue weighted by Crippen LogP contribution is 2.22. The lowest BCUT2D eigenvalue weighted by atomic mass is 9.74. The Morgan fingerprint density at radius 3 is 0.786 bits per heavy atom. The van der Waals surface area contributed by atoms with Gasteiger partial charge < -0.3 is 0 Å². The Morgan fingerprint density at radius 1 is 0.643 bits per heavy atom. The third kappa shape index (κ3) is 1.97. The number of Topliss-reactive ketones (excluding diaryl/α,β-unsaturated/α-hetero) is 4. The predicted octanol–water partition coefficient (Wildman–Crippen LogP) is -0.0520. The maximum absolute atomic E-state index is 11.1. The van der Waals surface area contributed by atoms with Gasteiger partial charge in [0.1, 0.15) is 0 Å². The number of hydrogen-bond acceptors (Lipinski definition) is 4. The third-order valence-electron chi connectivity index (χ3n) is 2.11. The van der Waals surface area contributed by atoms with E-state index in [9.17, 15) is 19.2 Å². The molecule has 0 aromatic carbocycles. The molecule has 0 bridgehead atoms. The Bertz CT molecular complexity index is 232. The molecule has 75 valence electrons. The topological polar surface area (TPSA) is 68.3 Å². The molecule has 0 saturated carbocycles. The molecular formula is C9H12BO4. The molecule has 14 heavy (non-hydrogen) atoms. The van der Waals surface area contributed by atoms with Gasteiger partial charge in [0.15, 0.2) is 23.1 Å². The van der Waals surface area contributed by atoms with Gasteiger partial charge in [-0.1, -0.05) is 0 Å². The minimum absolute atomic E-state index is 0. The molecule has 0 aliphatic heterocycles. The van der Waals surface area contributed by atoms with Gasteiger partial charge in [0, 0.05) is 8.41 Å². The molecule has 0 atom stereocenters. The average Bonchev–Trinajstić information content (AvgIpc) is 1.82. The van der Waals surface area contributed by atoms with Gasteiger partial charge in [-0.3, -0.25) is 19.2 Å². The van der Waals surface area contributed by atoms with E-state index in [0.717, 1.165) is 27.7 Å². The van der Waals surface area contributed by atoms with E-state index in [4.69, 9.17) is 0 Å². The van der Waals surface area contributed by atoms with E-state index in [1.165, 1.54) is 0 Å². The summed E-state index contributed by atoms with van der Waals surface area (Å²) in [4.78, 5) is 44.5. The highest BCUT2D eigenvalue weighted by molar-refractivity contribution is 6.37. The standard InChI is InChI=1S/C9H12O4.B/c1-5(10)9(6(2)11,7(3)12)8(4)13;/h1-4H3;. The zero-order valence-electron chi connectivity index (χ0n) is 8.71. The third-order valence-corrected chi connectivity index (χ3v) is 2.11. The highest BCUT2D eigenvalue weighted by Gasteiger charge is 2.49. The number of carbonyl (C=O) groups excluding carboxylic acids is 4. The fourth-order valence-electron chi connectivity index (χ4n) is 1.49. The maximum atomic E-state index is 11.1. The molecule has 0 aliphatic carbocycles. The van der Waals surface area contributed by atoms with Crippen LogP contribution in [0.4, 0.5) is 0 Å². The van der Waals surface area contributed by atoms with Crippen molar-refractivity contribution >= 4 is 31.5 Å². The lowest BCUT2D eigenvalue weighted by molar-refractivity contribution is -0.151. The Labute approximate surface area is 84.6 Å². The summed E-state index contributed by atoms with van der Waals surface area (Å²) < 4.78 is 0. The molecule has 0 fully saturated rings. The van der Waals surface area contributed by atoms with Gasteiger partial charge in [-0.15, -0.1) is 0 Å². The van der Waals surface area contributed by atoms with Gasteiger partial charge in [-0.25, -0.2) is 0 Å². The van der Waals surface area contributed by atoms with Crippen LogP contribution < -0.4 is 0 Å². The van der Waals surface area contributed by atoms with E-state index in [0.29, 0.717) is 0 Å². The van der Waals surface area contributed by atoms with E-state index in [1.54, 1.807) is 0 Å². The zero-order chi connectivity index (χ0) is 10.8. The number of ketones is 4. The summed E-state index contributed by atoms with van der Waals surface area (Å²) in [5, 5.41) is 0. The first-order chi connectivity index (χ1) is 5.77. The van der Waals surface area contributed by atoms with Crippen molar-refractivity contribution in [3.8, 4) is 0 Å². The molecule has 3 radical (unpaired) electrons. The molecule has 0 spiro atoms. The average molecular weight is 195 g/mol. The molecule has 0 aliphatic rings. The summed E-state index contributed by atoms with van der Waals surface area (Å²) in [7, 11) is 0. The Hall–Kier alpha value is -1.26. The van der Waals surface area contributed by atoms with Crippen molar-refractivity contribution in [2.24, 2.45) is 5.41 Å². The Kier molecular flexibility index (Phi) is 5.26. The zero-order valence-corrected chi connectivity index (χ0v) is 8.71. The van der Waals surface area contributed by atoms with E-state index in [-0.39, 0.29) is 8.41 Å². The molecular weight excluding hydrogens is 183 g/mol. The van der Waals surface area contributed by atoms with Gasteiger partial charge in [0.05, 0.1) is 0 Å². The molecule has 0 aromatic heterocycles. The Morgan fingerprint density at radius 2 is 0.786 bits per heavy atom. The number of hydrogen-bond donors (Lipinski definition) is 0. The highest BCUT2D eigenvalue weighted by atomic mass is 16.2. The molecule has 0 unspecified atom stereocenters. The SMILES string of the molecule is CC(=O)C(C(C)=O)(C(C)=O)C(C)=O.[B]. The first-order valence-electron chi connectivity index (χ1n) is 3.82. The molecule has 0 amide bonds. The van der Waals surface area contributed by atoms with Crippen molar-refractivity contribution < 1.29 is 19.2 Å². The Balaban J connectivity index is 0. The molecule has 0 aromatic rings. The smallest absolute Gasteiger partial charge is 0.202 e. The van der Waals surface area contributed by atoms with Gasteiger partial charge in [-0.05, 0) is 27.7 Å². The van der Waals surface area contributed by atoms with E-state index < -0.39 is 28.5 Å². The first-order valence-corrected chi connectivity index (χ1v) is 3.82. The van der Waals surface area contributed by atoms with Crippen LogP contribution in [0.25, 0.3) is 0 Å². The van der Waals surface area contributed by atoms with Crippen LogP contribution in [0.5, 0.6) is 0 Å². The minimum Gasteiger partial charge on any atom is -0.298 e. The van der Waals surface area contributed by atoms with Gasteiger partial charge >= 0.3 is 0 Å². The molecule has 5 heteroatoms. The second kappa shape index (κ2) is 4.84. The maximum Gasteiger partial charge on any atom is 0.202 e. The van der Waals surface area contributed by atoms with Crippen molar-refractivity contribution in [3.63, 3.8) is 0 Å². The van der Waals surface area contributed by atoms with Crippen LogP contribution in [0.3, 0.4) is 0 Å².